The molecule has 2 heterocycles. The van der Waals surface area contributed by atoms with E-state index in [1.54, 1.807) is 0 Å². The average Bonchev–Trinajstić information content (AvgIpc) is 2.50. The number of likely N-dealkylation sites (N-methyl/N-ethyl adjacent to an activating group) is 1. The monoisotopic (exact) mass is 250 g/mol. The highest BCUT2D eigenvalue weighted by atomic mass is 15.4. The van der Waals surface area contributed by atoms with Gasteiger partial charge in [-0.1, -0.05) is 44.9 Å². The fraction of sp³-hybridized carbons (Fsp3) is 1.00. The predicted octanol–water partition coefficient (Wildman–Crippen LogP) is 3.62. The van der Waals surface area contributed by atoms with Gasteiger partial charge < -0.3 is 0 Å². The number of nitrogens with zero attached hydrogens (tertiary/aromatic N) is 2. The van der Waals surface area contributed by atoms with Crippen molar-refractivity contribution < 1.29 is 0 Å². The highest BCUT2D eigenvalue weighted by molar-refractivity contribution is 4.97. The van der Waals surface area contributed by atoms with E-state index in [2.05, 4.69) is 16.8 Å². The average molecular weight is 250 g/mol. The third-order valence-electron chi connectivity index (χ3n) is 5.62. The Labute approximate surface area is 113 Å². The van der Waals surface area contributed by atoms with E-state index >= 15 is 0 Å². The van der Waals surface area contributed by atoms with Crippen LogP contribution in [0.15, 0.2) is 0 Å². The largest absolute Gasteiger partial charge is 0.286 e. The molecule has 104 valence electrons. The van der Waals surface area contributed by atoms with Gasteiger partial charge in [-0.15, -0.1) is 0 Å². The van der Waals surface area contributed by atoms with Crippen LogP contribution in [0.4, 0.5) is 0 Å². The molecule has 0 N–H and O–H groups in total. The first-order valence-corrected chi connectivity index (χ1v) is 8.35. The molecular formula is C16H30N2. The van der Waals surface area contributed by atoms with Crippen molar-refractivity contribution in [2.24, 2.45) is 0 Å². The van der Waals surface area contributed by atoms with Crippen LogP contribution in [0.5, 0.6) is 0 Å². The van der Waals surface area contributed by atoms with E-state index in [9.17, 15) is 0 Å². The minimum atomic E-state index is 0.776. The van der Waals surface area contributed by atoms with Gasteiger partial charge in [0.05, 0.1) is 6.17 Å². The number of hydrogen-bond donors (Lipinski definition) is 0. The molecule has 3 rings (SSSR count). The standard InChI is InChI=1S/C16H30N2/c1-17-14-10-6-2-3-7-11-15(14)18-13-9-5-4-8-12-16(17)18/h14-16H,2-13H2,1H3. The lowest BCUT2D eigenvalue weighted by atomic mass is 9.92. The van der Waals surface area contributed by atoms with Crippen LogP contribution >= 0.6 is 0 Å². The summed E-state index contributed by atoms with van der Waals surface area (Å²) in [7, 11) is 2.41. The summed E-state index contributed by atoms with van der Waals surface area (Å²) in [5, 5.41) is 0. The van der Waals surface area contributed by atoms with Gasteiger partial charge in [-0.25, -0.2) is 0 Å². The van der Waals surface area contributed by atoms with E-state index < -0.39 is 0 Å². The minimum Gasteiger partial charge on any atom is -0.286 e. The number of hydrogen-bond acceptors (Lipinski definition) is 2. The molecule has 3 aliphatic rings. The van der Waals surface area contributed by atoms with Crippen molar-refractivity contribution in [3.05, 3.63) is 0 Å². The smallest absolute Gasteiger partial charge is 0.0625 e. The molecule has 2 heteroatoms. The molecule has 3 unspecified atom stereocenters. The summed E-state index contributed by atoms with van der Waals surface area (Å²) in [6.45, 7) is 1.37. The highest BCUT2D eigenvalue weighted by Crippen LogP contribution is 2.36. The van der Waals surface area contributed by atoms with Gasteiger partial charge in [0.1, 0.15) is 0 Å². The Balaban J connectivity index is 1.76. The minimum absolute atomic E-state index is 0.776. The molecule has 2 nitrogen and oxygen atoms in total. The Bertz CT molecular complexity index is 240. The molecule has 0 aromatic heterocycles. The summed E-state index contributed by atoms with van der Waals surface area (Å²) in [5.74, 6) is 0. The highest BCUT2D eigenvalue weighted by Gasteiger charge is 2.44. The van der Waals surface area contributed by atoms with Gasteiger partial charge in [-0.2, -0.15) is 0 Å². The van der Waals surface area contributed by atoms with Crippen molar-refractivity contribution in [1.29, 1.82) is 0 Å². The van der Waals surface area contributed by atoms with E-state index in [-0.39, 0.29) is 0 Å². The molecule has 1 saturated carbocycles. The maximum absolute atomic E-state index is 2.90. The summed E-state index contributed by atoms with van der Waals surface area (Å²) in [5.41, 5.74) is 0. The molecule has 3 fully saturated rings. The zero-order chi connectivity index (χ0) is 12.4. The molecule has 3 atom stereocenters. The zero-order valence-electron chi connectivity index (χ0n) is 12.1. The number of rotatable bonds is 0. The van der Waals surface area contributed by atoms with Crippen LogP contribution in [0.1, 0.15) is 70.6 Å². The summed E-state index contributed by atoms with van der Waals surface area (Å²) in [4.78, 5) is 5.65. The molecule has 1 aliphatic carbocycles. The first-order chi connectivity index (χ1) is 8.88. The molecule has 0 spiro atoms. The topological polar surface area (TPSA) is 6.48 Å². The van der Waals surface area contributed by atoms with Crippen molar-refractivity contribution >= 4 is 0 Å². The van der Waals surface area contributed by atoms with Gasteiger partial charge in [0.15, 0.2) is 0 Å². The first kappa shape index (κ1) is 12.9. The van der Waals surface area contributed by atoms with Crippen molar-refractivity contribution in [1.82, 2.24) is 9.80 Å². The Kier molecular flexibility index (Phi) is 4.25. The van der Waals surface area contributed by atoms with Crippen LogP contribution in [0.2, 0.25) is 0 Å². The van der Waals surface area contributed by atoms with Gasteiger partial charge in [0, 0.05) is 12.1 Å². The van der Waals surface area contributed by atoms with Crippen LogP contribution in [0.3, 0.4) is 0 Å². The Hall–Kier alpha value is -0.0800. The molecule has 0 aromatic carbocycles. The second-order valence-corrected chi connectivity index (χ2v) is 6.71. The van der Waals surface area contributed by atoms with Crippen LogP contribution in [0, 0.1) is 0 Å². The lowest BCUT2D eigenvalue weighted by Gasteiger charge is -2.33. The van der Waals surface area contributed by atoms with E-state index in [0.717, 1.165) is 18.2 Å². The summed E-state index contributed by atoms with van der Waals surface area (Å²) in [6, 6.07) is 1.76. The fourth-order valence-electron chi connectivity index (χ4n) is 4.64. The molecular weight excluding hydrogens is 220 g/mol. The van der Waals surface area contributed by atoms with Crippen LogP contribution in [0.25, 0.3) is 0 Å². The van der Waals surface area contributed by atoms with Crippen molar-refractivity contribution in [3.8, 4) is 0 Å². The molecule has 0 aromatic rings. The van der Waals surface area contributed by atoms with Gasteiger partial charge in [-0.3, -0.25) is 9.80 Å². The molecule has 18 heavy (non-hydrogen) atoms. The van der Waals surface area contributed by atoms with Crippen molar-refractivity contribution in [2.75, 3.05) is 13.6 Å². The third-order valence-corrected chi connectivity index (χ3v) is 5.62. The molecule has 2 saturated heterocycles. The quantitative estimate of drug-likeness (QED) is 0.648. The summed E-state index contributed by atoms with van der Waals surface area (Å²) < 4.78 is 0. The SMILES string of the molecule is CN1C2CCCCCCC2N2CCCCCCC12. The van der Waals surface area contributed by atoms with E-state index in [1.165, 1.54) is 77.2 Å². The lowest BCUT2D eigenvalue weighted by Crippen LogP contribution is -2.41. The van der Waals surface area contributed by atoms with Crippen LogP contribution < -0.4 is 0 Å². The molecule has 0 radical (unpaired) electrons. The van der Waals surface area contributed by atoms with Crippen molar-refractivity contribution in [2.45, 2.75) is 88.9 Å². The van der Waals surface area contributed by atoms with E-state index in [4.69, 9.17) is 0 Å². The second kappa shape index (κ2) is 5.92. The van der Waals surface area contributed by atoms with E-state index in [1.807, 2.05) is 0 Å². The molecule has 0 bridgehead atoms. The van der Waals surface area contributed by atoms with Gasteiger partial charge >= 0.3 is 0 Å². The molecule has 2 aliphatic heterocycles. The van der Waals surface area contributed by atoms with Crippen LogP contribution in [-0.4, -0.2) is 41.6 Å². The van der Waals surface area contributed by atoms with E-state index in [0.29, 0.717) is 0 Å². The zero-order valence-corrected chi connectivity index (χ0v) is 12.1. The predicted molar refractivity (Wildman–Crippen MR) is 76.6 cm³/mol. The Morgan fingerprint density at radius 2 is 1.28 bits per heavy atom. The molecule has 0 amide bonds. The first-order valence-electron chi connectivity index (χ1n) is 8.35. The van der Waals surface area contributed by atoms with Gasteiger partial charge in [-0.05, 0) is 39.3 Å². The van der Waals surface area contributed by atoms with Gasteiger partial charge in [0.25, 0.3) is 0 Å². The third kappa shape index (κ3) is 2.46. The maximum atomic E-state index is 2.90. The lowest BCUT2D eigenvalue weighted by molar-refractivity contribution is 0.109. The summed E-state index contributed by atoms with van der Waals surface area (Å²) >= 11 is 0. The Morgan fingerprint density at radius 3 is 2.06 bits per heavy atom. The van der Waals surface area contributed by atoms with Gasteiger partial charge in [0.2, 0.25) is 0 Å². The maximum Gasteiger partial charge on any atom is 0.0625 e. The summed E-state index contributed by atoms with van der Waals surface area (Å²) in [6.07, 6.45) is 16.8. The fourth-order valence-corrected chi connectivity index (χ4v) is 4.64. The van der Waals surface area contributed by atoms with Crippen molar-refractivity contribution in [3.63, 3.8) is 0 Å². The Morgan fingerprint density at radius 1 is 0.667 bits per heavy atom. The normalized spacial score (nSPS) is 40.2. The van der Waals surface area contributed by atoms with Crippen LogP contribution in [-0.2, 0) is 0 Å². The number of fused-ring (bicyclic) bond motifs is 3. The second-order valence-electron chi connectivity index (χ2n) is 6.71.